The fourth-order valence-electron chi connectivity index (χ4n) is 2.40. The van der Waals surface area contributed by atoms with Crippen LogP contribution in [-0.2, 0) is 4.79 Å². The van der Waals surface area contributed by atoms with Crippen LogP contribution in [0.1, 0.15) is 32.6 Å². The van der Waals surface area contributed by atoms with Crippen molar-refractivity contribution < 1.29 is 4.79 Å². The third-order valence-electron chi connectivity index (χ3n) is 3.08. The Kier molecular flexibility index (Phi) is 3.03. The van der Waals surface area contributed by atoms with E-state index in [1.54, 1.807) is 0 Å². The van der Waals surface area contributed by atoms with Gasteiger partial charge in [-0.3, -0.25) is 10.1 Å². The summed E-state index contributed by atoms with van der Waals surface area (Å²) in [6, 6.07) is 0.802. The molecule has 2 aliphatic rings. The second-order valence-electron chi connectivity index (χ2n) is 4.32. The highest BCUT2D eigenvalue weighted by Gasteiger charge is 2.30. The normalized spacial score (nSPS) is 39.2. The van der Waals surface area contributed by atoms with Crippen molar-refractivity contribution >= 4 is 5.91 Å². The third-order valence-corrected chi connectivity index (χ3v) is 3.08. The molecule has 14 heavy (non-hydrogen) atoms. The summed E-state index contributed by atoms with van der Waals surface area (Å²) in [4.78, 5) is 11.3. The highest BCUT2D eigenvalue weighted by molar-refractivity contribution is 5.77. The average Bonchev–Trinajstić information content (AvgIpc) is 2.18. The minimum absolute atomic E-state index is 0.116. The summed E-state index contributed by atoms with van der Waals surface area (Å²) in [6.07, 6.45) is 4.47. The molecule has 0 aromatic rings. The first kappa shape index (κ1) is 9.93. The van der Waals surface area contributed by atoms with Gasteiger partial charge in [-0.2, -0.15) is 0 Å². The van der Waals surface area contributed by atoms with Gasteiger partial charge in [0, 0.05) is 18.5 Å². The van der Waals surface area contributed by atoms with Gasteiger partial charge in [0.15, 0.2) is 0 Å². The smallest absolute Gasteiger partial charge is 0.222 e. The van der Waals surface area contributed by atoms with Crippen LogP contribution in [0.15, 0.2) is 0 Å². The number of hydrogen-bond donors (Lipinski definition) is 3. The molecule has 4 nitrogen and oxygen atoms in total. The summed E-state index contributed by atoms with van der Waals surface area (Å²) in [7, 11) is 0. The Hall–Kier alpha value is -0.610. The lowest BCUT2D eigenvalue weighted by Gasteiger charge is -2.37. The fraction of sp³-hybridized carbons (Fsp3) is 0.900. The minimum Gasteiger partial charge on any atom is -0.341 e. The summed E-state index contributed by atoms with van der Waals surface area (Å²) in [5.74, 6) is 0.175. The molecule has 2 heterocycles. The van der Waals surface area contributed by atoms with E-state index in [2.05, 4.69) is 16.0 Å². The highest BCUT2D eigenvalue weighted by atomic mass is 16.2. The molecule has 3 atom stereocenters. The Balaban J connectivity index is 1.91. The maximum absolute atomic E-state index is 11.3. The van der Waals surface area contributed by atoms with E-state index < -0.39 is 0 Å². The van der Waals surface area contributed by atoms with Crippen molar-refractivity contribution in [2.24, 2.45) is 0 Å². The van der Waals surface area contributed by atoms with Crippen molar-refractivity contribution in [2.75, 3.05) is 6.54 Å². The van der Waals surface area contributed by atoms with E-state index in [1.165, 1.54) is 19.3 Å². The quantitative estimate of drug-likeness (QED) is 0.552. The monoisotopic (exact) mass is 197 g/mol. The molecule has 2 aliphatic heterocycles. The van der Waals surface area contributed by atoms with Gasteiger partial charge in [0.05, 0.1) is 6.17 Å². The second-order valence-corrected chi connectivity index (χ2v) is 4.32. The molecular formula is C10H19N3O. The van der Waals surface area contributed by atoms with Crippen LogP contribution in [0, 0.1) is 0 Å². The molecule has 0 aromatic carbocycles. The van der Waals surface area contributed by atoms with Gasteiger partial charge in [-0.05, 0) is 26.3 Å². The Morgan fingerprint density at radius 1 is 1.29 bits per heavy atom. The van der Waals surface area contributed by atoms with Crippen LogP contribution in [0.25, 0.3) is 0 Å². The van der Waals surface area contributed by atoms with E-state index in [9.17, 15) is 4.79 Å². The summed E-state index contributed by atoms with van der Waals surface area (Å²) < 4.78 is 0. The van der Waals surface area contributed by atoms with Crippen molar-refractivity contribution in [1.82, 2.24) is 16.0 Å². The van der Waals surface area contributed by atoms with Crippen molar-refractivity contribution in [3.63, 3.8) is 0 Å². The van der Waals surface area contributed by atoms with Gasteiger partial charge >= 0.3 is 0 Å². The summed E-state index contributed by atoms with van der Waals surface area (Å²) in [5, 5.41) is 9.78. The van der Waals surface area contributed by atoms with Crippen molar-refractivity contribution in [3.05, 3.63) is 0 Å². The van der Waals surface area contributed by atoms with Crippen molar-refractivity contribution in [2.45, 2.75) is 50.9 Å². The maximum Gasteiger partial charge on any atom is 0.222 e. The molecule has 4 heteroatoms. The lowest BCUT2D eigenvalue weighted by Crippen LogP contribution is -2.61. The minimum atomic E-state index is 0.116. The van der Waals surface area contributed by atoms with Gasteiger partial charge < -0.3 is 10.6 Å². The van der Waals surface area contributed by atoms with E-state index in [0.717, 1.165) is 6.54 Å². The Bertz CT molecular complexity index is 213. The standard InChI is InChI=1S/C10H19N3O/c1-7-12-9(6-10(14)13-7)8-4-2-3-5-11-8/h7-9,11-12H,2-6H2,1H3,(H,13,14). The van der Waals surface area contributed by atoms with E-state index in [0.29, 0.717) is 18.5 Å². The highest BCUT2D eigenvalue weighted by Crippen LogP contribution is 2.14. The molecule has 2 fully saturated rings. The largest absolute Gasteiger partial charge is 0.341 e. The van der Waals surface area contributed by atoms with E-state index in [1.807, 2.05) is 6.92 Å². The fourth-order valence-corrected chi connectivity index (χ4v) is 2.40. The van der Waals surface area contributed by atoms with Crippen molar-refractivity contribution in [1.29, 1.82) is 0 Å². The molecule has 2 rings (SSSR count). The third kappa shape index (κ3) is 2.25. The molecule has 0 aromatic heterocycles. The molecule has 2 saturated heterocycles. The predicted molar refractivity (Wildman–Crippen MR) is 54.8 cm³/mol. The SMILES string of the molecule is CC1NC(=O)CC(C2CCCCN2)N1. The second kappa shape index (κ2) is 4.28. The van der Waals surface area contributed by atoms with Crippen LogP contribution in [0.3, 0.4) is 0 Å². The van der Waals surface area contributed by atoms with Gasteiger partial charge in [-0.15, -0.1) is 0 Å². The molecule has 3 unspecified atom stereocenters. The van der Waals surface area contributed by atoms with Crippen LogP contribution in [0.2, 0.25) is 0 Å². The molecule has 0 saturated carbocycles. The summed E-state index contributed by atoms with van der Waals surface area (Å²) in [6.45, 7) is 3.09. The summed E-state index contributed by atoms with van der Waals surface area (Å²) in [5.41, 5.74) is 0. The van der Waals surface area contributed by atoms with Gasteiger partial charge in [0.25, 0.3) is 0 Å². The van der Waals surface area contributed by atoms with Crippen LogP contribution < -0.4 is 16.0 Å². The molecule has 80 valence electrons. The average molecular weight is 197 g/mol. The Labute approximate surface area is 84.8 Å². The number of carbonyl (C=O) groups excluding carboxylic acids is 1. The van der Waals surface area contributed by atoms with E-state index >= 15 is 0 Å². The van der Waals surface area contributed by atoms with Gasteiger partial charge in [-0.25, -0.2) is 0 Å². The van der Waals surface area contributed by atoms with E-state index in [-0.39, 0.29) is 12.1 Å². The maximum atomic E-state index is 11.3. The topological polar surface area (TPSA) is 53.2 Å². The molecule has 0 aliphatic carbocycles. The van der Waals surface area contributed by atoms with Crippen LogP contribution in [-0.4, -0.2) is 30.7 Å². The van der Waals surface area contributed by atoms with Gasteiger partial charge in [0.2, 0.25) is 5.91 Å². The number of amides is 1. The van der Waals surface area contributed by atoms with Crippen LogP contribution >= 0.6 is 0 Å². The van der Waals surface area contributed by atoms with Gasteiger partial charge in [-0.1, -0.05) is 6.42 Å². The molecule has 0 bridgehead atoms. The number of piperidine rings is 1. The zero-order valence-corrected chi connectivity index (χ0v) is 8.68. The summed E-state index contributed by atoms with van der Waals surface area (Å²) >= 11 is 0. The number of nitrogens with one attached hydrogen (secondary N) is 3. The molecule has 1 amide bonds. The van der Waals surface area contributed by atoms with E-state index in [4.69, 9.17) is 0 Å². The predicted octanol–water partition coefficient (Wildman–Crippen LogP) is -0.0474. The number of rotatable bonds is 1. The first-order valence-electron chi connectivity index (χ1n) is 5.54. The Morgan fingerprint density at radius 2 is 2.14 bits per heavy atom. The zero-order valence-electron chi connectivity index (χ0n) is 8.68. The Morgan fingerprint density at radius 3 is 2.79 bits per heavy atom. The van der Waals surface area contributed by atoms with Crippen molar-refractivity contribution in [3.8, 4) is 0 Å². The molecule has 3 N–H and O–H groups in total. The zero-order chi connectivity index (χ0) is 9.97. The molecular weight excluding hydrogens is 178 g/mol. The molecule has 0 spiro atoms. The van der Waals surface area contributed by atoms with Crippen LogP contribution in [0.4, 0.5) is 0 Å². The lowest BCUT2D eigenvalue weighted by molar-refractivity contribution is -0.124. The molecule has 0 radical (unpaired) electrons. The van der Waals surface area contributed by atoms with Gasteiger partial charge in [0.1, 0.15) is 0 Å². The first-order valence-corrected chi connectivity index (χ1v) is 5.54. The number of carbonyl (C=O) groups is 1. The lowest BCUT2D eigenvalue weighted by atomic mass is 9.94. The first-order chi connectivity index (χ1) is 6.75. The van der Waals surface area contributed by atoms with Crippen LogP contribution in [0.5, 0.6) is 0 Å². The number of hydrogen-bond acceptors (Lipinski definition) is 3.